The van der Waals surface area contributed by atoms with Crippen molar-refractivity contribution in [3.63, 3.8) is 0 Å². The van der Waals surface area contributed by atoms with Crippen LogP contribution in [0.5, 0.6) is 0 Å². The van der Waals surface area contributed by atoms with Gasteiger partial charge in [0.15, 0.2) is 9.84 Å². The van der Waals surface area contributed by atoms with E-state index in [1.807, 2.05) is 13.0 Å². The lowest BCUT2D eigenvalue weighted by Crippen LogP contribution is -1.86. The molecule has 0 fully saturated rings. The first-order valence-corrected chi connectivity index (χ1v) is 7.77. The summed E-state index contributed by atoms with van der Waals surface area (Å²) in [5.74, 6) is 0. The summed E-state index contributed by atoms with van der Waals surface area (Å²) in [7, 11) is -3.25. The molecule has 0 aliphatic heterocycles. The standard InChI is InChI=1S/C13H16O2S2/c1-4-12-6-7-13(11(3)10-12)16-8-9-17(14,15)5-2/h5-10H,2,4H2,1,3H3. The molecule has 0 bridgehead atoms. The monoisotopic (exact) mass is 268 g/mol. The van der Waals surface area contributed by atoms with Gasteiger partial charge in [0.2, 0.25) is 0 Å². The van der Waals surface area contributed by atoms with Gasteiger partial charge in [-0.05, 0) is 35.9 Å². The van der Waals surface area contributed by atoms with Crippen LogP contribution < -0.4 is 0 Å². The Bertz CT molecular complexity index is 528. The number of rotatable bonds is 5. The maximum Gasteiger partial charge on any atom is 0.192 e. The molecule has 0 aliphatic rings. The first-order chi connectivity index (χ1) is 7.98. The summed E-state index contributed by atoms with van der Waals surface area (Å²) >= 11 is 1.40. The van der Waals surface area contributed by atoms with Crippen molar-refractivity contribution in [2.24, 2.45) is 0 Å². The van der Waals surface area contributed by atoms with Crippen molar-refractivity contribution < 1.29 is 8.42 Å². The summed E-state index contributed by atoms with van der Waals surface area (Å²) in [6.45, 7) is 7.38. The SMILES string of the molecule is C=CS(=O)(=O)C=CSc1ccc(CC)cc1C. The summed E-state index contributed by atoms with van der Waals surface area (Å²) in [6.07, 6.45) is 1.01. The maximum absolute atomic E-state index is 11.2. The smallest absolute Gasteiger partial charge is 0.192 e. The second-order valence-corrected chi connectivity index (χ2v) is 6.33. The van der Waals surface area contributed by atoms with E-state index in [0.29, 0.717) is 0 Å². The van der Waals surface area contributed by atoms with Crippen LogP contribution in [0, 0.1) is 6.92 Å². The third kappa shape index (κ3) is 4.40. The molecule has 0 N–H and O–H groups in total. The number of hydrogen-bond donors (Lipinski definition) is 0. The summed E-state index contributed by atoms with van der Waals surface area (Å²) in [4.78, 5) is 1.07. The van der Waals surface area contributed by atoms with E-state index in [0.717, 1.165) is 27.7 Å². The lowest BCUT2D eigenvalue weighted by atomic mass is 10.1. The van der Waals surface area contributed by atoms with E-state index in [2.05, 4.69) is 25.6 Å². The fourth-order valence-electron chi connectivity index (χ4n) is 1.30. The summed E-state index contributed by atoms with van der Waals surface area (Å²) in [5.41, 5.74) is 2.45. The molecular weight excluding hydrogens is 252 g/mol. The third-order valence-electron chi connectivity index (χ3n) is 2.32. The van der Waals surface area contributed by atoms with Gasteiger partial charge in [0.05, 0.1) is 0 Å². The van der Waals surface area contributed by atoms with Gasteiger partial charge in [0.25, 0.3) is 0 Å². The summed E-state index contributed by atoms with van der Waals surface area (Å²) < 4.78 is 22.3. The molecule has 0 radical (unpaired) electrons. The van der Waals surface area contributed by atoms with Crippen LogP contribution in [0.15, 0.2) is 45.9 Å². The first kappa shape index (κ1) is 14.1. The highest BCUT2D eigenvalue weighted by atomic mass is 32.2. The predicted molar refractivity (Wildman–Crippen MR) is 74.7 cm³/mol. The Balaban J connectivity index is 2.80. The molecule has 0 aliphatic carbocycles. The van der Waals surface area contributed by atoms with Crippen molar-refractivity contribution >= 4 is 21.6 Å². The minimum Gasteiger partial charge on any atom is -0.220 e. The molecule has 0 amide bonds. The number of sulfone groups is 1. The largest absolute Gasteiger partial charge is 0.220 e. The van der Waals surface area contributed by atoms with Crippen LogP contribution in [0.1, 0.15) is 18.1 Å². The fourth-order valence-corrected chi connectivity index (χ4v) is 2.79. The zero-order valence-corrected chi connectivity index (χ0v) is 11.6. The van der Waals surface area contributed by atoms with E-state index in [1.54, 1.807) is 5.41 Å². The van der Waals surface area contributed by atoms with Crippen LogP contribution in [0.2, 0.25) is 0 Å². The molecular formula is C13H16O2S2. The molecule has 1 aromatic carbocycles. The quantitative estimate of drug-likeness (QED) is 0.764. The molecule has 92 valence electrons. The van der Waals surface area contributed by atoms with E-state index in [-0.39, 0.29) is 0 Å². The summed E-state index contributed by atoms with van der Waals surface area (Å²) in [6, 6.07) is 6.20. The Morgan fingerprint density at radius 3 is 2.65 bits per heavy atom. The van der Waals surface area contributed by atoms with Crippen molar-refractivity contribution in [1.29, 1.82) is 0 Å². The van der Waals surface area contributed by atoms with Gasteiger partial charge < -0.3 is 0 Å². The lowest BCUT2D eigenvalue weighted by Gasteiger charge is -2.04. The van der Waals surface area contributed by atoms with Crippen LogP contribution >= 0.6 is 11.8 Å². The van der Waals surface area contributed by atoms with Crippen molar-refractivity contribution in [3.8, 4) is 0 Å². The molecule has 0 atom stereocenters. The molecule has 0 unspecified atom stereocenters. The Labute approximate surface area is 107 Å². The van der Waals surface area contributed by atoms with Gasteiger partial charge in [0.1, 0.15) is 0 Å². The second kappa shape index (κ2) is 6.07. The van der Waals surface area contributed by atoms with Gasteiger partial charge in [0, 0.05) is 15.7 Å². The average Bonchev–Trinajstić information content (AvgIpc) is 2.31. The Morgan fingerprint density at radius 2 is 2.12 bits per heavy atom. The number of benzene rings is 1. The molecule has 0 saturated heterocycles. The number of aryl methyl sites for hydroxylation is 2. The van der Waals surface area contributed by atoms with Crippen molar-refractivity contribution in [2.75, 3.05) is 0 Å². The second-order valence-electron chi connectivity index (χ2n) is 3.60. The first-order valence-electron chi connectivity index (χ1n) is 5.28. The van der Waals surface area contributed by atoms with Crippen molar-refractivity contribution in [1.82, 2.24) is 0 Å². The van der Waals surface area contributed by atoms with E-state index >= 15 is 0 Å². The van der Waals surface area contributed by atoms with Gasteiger partial charge in [-0.1, -0.05) is 37.4 Å². The minimum absolute atomic E-state index is 0.942. The van der Waals surface area contributed by atoms with E-state index in [1.165, 1.54) is 17.3 Å². The molecule has 1 aromatic rings. The zero-order valence-electron chi connectivity index (χ0n) is 10.0. The van der Waals surface area contributed by atoms with Crippen molar-refractivity contribution in [2.45, 2.75) is 25.2 Å². The van der Waals surface area contributed by atoms with Gasteiger partial charge in [-0.15, -0.1) is 0 Å². The molecule has 4 heteroatoms. The maximum atomic E-state index is 11.2. The fraction of sp³-hybridized carbons (Fsp3) is 0.231. The van der Waals surface area contributed by atoms with Crippen molar-refractivity contribution in [3.05, 3.63) is 52.1 Å². The predicted octanol–water partition coefficient (Wildman–Crippen LogP) is 3.68. The third-order valence-corrected chi connectivity index (χ3v) is 4.46. The van der Waals surface area contributed by atoms with Gasteiger partial charge in [-0.25, -0.2) is 8.42 Å². The van der Waals surface area contributed by atoms with E-state index < -0.39 is 9.84 Å². The average molecular weight is 268 g/mol. The van der Waals surface area contributed by atoms with Crippen LogP contribution in [0.4, 0.5) is 0 Å². The number of thioether (sulfide) groups is 1. The molecule has 2 nitrogen and oxygen atoms in total. The molecule has 1 rings (SSSR count). The highest BCUT2D eigenvalue weighted by Gasteiger charge is 2.00. The minimum atomic E-state index is -3.25. The van der Waals surface area contributed by atoms with Crippen LogP contribution in [-0.2, 0) is 16.3 Å². The molecule has 0 spiro atoms. The normalized spacial score (nSPS) is 11.9. The highest BCUT2D eigenvalue weighted by molar-refractivity contribution is 8.03. The van der Waals surface area contributed by atoms with Crippen LogP contribution in [-0.4, -0.2) is 8.42 Å². The van der Waals surface area contributed by atoms with Crippen LogP contribution in [0.25, 0.3) is 0 Å². The summed E-state index contributed by atoms with van der Waals surface area (Å²) in [5, 5.41) is 3.68. The zero-order chi connectivity index (χ0) is 12.9. The topological polar surface area (TPSA) is 34.1 Å². The lowest BCUT2D eigenvalue weighted by molar-refractivity contribution is 0.613. The number of hydrogen-bond acceptors (Lipinski definition) is 3. The van der Waals surface area contributed by atoms with Crippen LogP contribution in [0.3, 0.4) is 0 Å². The van der Waals surface area contributed by atoms with Gasteiger partial charge >= 0.3 is 0 Å². The van der Waals surface area contributed by atoms with E-state index in [9.17, 15) is 8.42 Å². The van der Waals surface area contributed by atoms with Gasteiger partial charge in [-0.2, -0.15) is 0 Å². The molecule has 0 saturated carbocycles. The molecule has 0 heterocycles. The van der Waals surface area contributed by atoms with Gasteiger partial charge in [-0.3, -0.25) is 0 Å². The van der Waals surface area contributed by atoms with E-state index in [4.69, 9.17) is 0 Å². The Kier molecular flexibility index (Phi) is 5.02. The Hall–Kier alpha value is -1.00. The molecule has 0 aromatic heterocycles. The molecule has 17 heavy (non-hydrogen) atoms. The Morgan fingerprint density at radius 1 is 1.41 bits per heavy atom. The highest BCUT2D eigenvalue weighted by Crippen LogP contribution is 2.24.